The number of aromatic nitrogens is 1. The highest BCUT2D eigenvalue weighted by Gasteiger charge is 2.16. The lowest BCUT2D eigenvalue weighted by molar-refractivity contribution is 0.0531. The van der Waals surface area contributed by atoms with Crippen LogP contribution in [0.3, 0.4) is 0 Å². The minimum absolute atomic E-state index is 0.329. The summed E-state index contributed by atoms with van der Waals surface area (Å²) in [6.45, 7) is 5.36. The average molecular weight is 283 g/mol. The lowest BCUT2D eigenvalue weighted by atomic mass is 10.2. The standard InChI is InChI=1S/C12H17N3O3S/c1-3-18-11(16)10-8(2)13-12(19-10)15-14-9-4-6-17-7-5-9/h3-7H2,1-2H3,(H,13,15). The number of hydrogen-bond acceptors (Lipinski definition) is 7. The summed E-state index contributed by atoms with van der Waals surface area (Å²) in [6, 6.07) is 0. The van der Waals surface area contributed by atoms with Gasteiger partial charge in [-0.1, -0.05) is 11.3 Å². The van der Waals surface area contributed by atoms with E-state index in [-0.39, 0.29) is 5.97 Å². The molecule has 1 aliphatic heterocycles. The van der Waals surface area contributed by atoms with Crippen LogP contribution in [-0.2, 0) is 9.47 Å². The Morgan fingerprint density at radius 3 is 2.95 bits per heavy atom. The molecule has 2 rings (SSSR count). The molecule has 104 valence electrons. The fourth-order valence-corrected chi connectivity index (χ4v) is 2.48. The maximum atomic E-state index is 11.7. The van der Waals surface area contributed by atoms with Gasteiger partial charge in [0.15, 0.2) is 0 Å². The van der Waals surface area contributed by atoms with E-state index in [1.54, 1.807) is 13.8 Å². The fourth-order valence-electron chi connectivity index (χ4n) is 1.68. The zero-order valence-corrected chi connectivity index (χ0v) is 11.9. The van der Waals surface area contributed by atoms with Crippen molar-refractivity contribution in [2.75, 3.05) is 25.2 Å². The van der Waals surface area contributed by atoms with E-state index < -0.39 is 0 Å². The van der Waals surface area contributed by atoms with E-state index in [9.17, 15) is 4.79 Å². The third-order valence-electron chi connectivity index (χ3n) is 2.64. The number of carbonyl (C=O) groups excluding carboxylic acids is 1. The quantitative estimate of drug-likeness (QED) is 0.677. The molecule has 0 radical (unpaired) electrons. The first kappa shape index (κ1) is 14.0. The van der Waals surface area contributed by atoms with Crippen LogP contribution in [0.4, 0.5) is 5.13 Å². The summed E-state index contributed by atoms with van der Waals surface area (Å²) < 4.78 is 10.2. The minimum Gasteiger partial charge on any atom is -0.462 e. The zero-order chi connectivity index (χ0) is 13.7. The SMILES string of the molecule is CCOC(=O)c1sc(NN=C2CCOCC2)nc1C. The van der Waals surface area contributed by atoms with E-state index in [0.717, 1.165) is 18.6 Å². The van der Waals surface area contributed by atoms with Crippen LogP contribution in [0.2, 0.25) is 0 Å². The van der Waals surface area contributed by atoms with Gasteiger partial charge in [-0.25, -0.2) is 9.78 Å². The smallest absolute Gasteiger partial charge is 0.350 e. The van der Waals surface area contributed by atoms with Crippen LogP contribution in [0.25, 0.3) is 0 Å². The number of thiazole rings is 1. The van der Waals surface area contributed by atoms with Gasteiger partial charge in [-0.05, 0) is 13.8 Å². The molecular weight excluding hydrogens is 266 g/mol. The second-order valence-electron chi connectivity index (χ2n) is 4.06. The lowest BCUT2D eigenvalue weighted by Gasteiger charge is -2.12. The Labute approximate surface area is 115 Å². The zero-order valence-electron chi connectivity index (χ0n) is 11.1. The van der Waals surface area contributed by atoms with Crippen molar-refractivity contribution in [1.82, 2.24) is 4.98 Å². The van der Waals surface area contributed by atoms with Crippen molar-refractivity contribution in [2.24, 2.45) is 5.10 Å². The van der Waals surface area contributed by atoms with E-state index >= 15 is 0 Å². The second kappa shape index (κ2) is 6.63. The molecule has 6 nitrogen and oxygen atoms in total. The summed E-state index contributed by atoms with van der Waals surface area (Å²) in [5.41, 5.74) is 4.64. The molecule has 0 unspecified atom stereocenters. The van der Waals surface area contributed by atoms with E-state index in [4.69, 9.17) is 9.47 Å². The van der Waals surface area contributed by atoms with Gasteiger partial charge in [0.1, 0.15) is 4.88 Å². The summed E-state index contributed by atoms with van der Waals surface area (Å²) in [5, 5.41) is 4.91. The molecular formula is C12H17N3O3S. The topological polar surface area (TPSA) is 72.8 Å². The maximum absolute atomic E-state index is 11.7. The third-order valence-corrected chi connectivity index (χ3v) is 3.68. The largest absolute Gasteiger partial charge is 0.462 e. The first-order chi connectivity index (χ1) is 9.20. The highest BCUT2D eigenvalue weighted by Crippen LogP contribution is 2.23. The van der Waals surface area contributed by atoms with Gasteiger partial charge in [-0.3, -0.25) is 5.43 Å². The molecule has 7 heteroatoms. The summed E-state index contributed by atoms with van der Waals surface area (Å²) in [4.78, 5) is 16.4. The third kappa shape index (κ3) is 3.74. The number of rotatable bonds is 4. The molecule has 1 fully saturated rings. The van der Waals surface area contributed by atoms with Crippen molar-refractivity contribution >= 4 is 28.1 Å². The number of ether oxygens (including phenoxy) is 2. The predicted octanol–water partition coefficient (Wildman–Crippen LogP) is 2.21. The van der Waals surface area contributed by atoms with Gasteiger partial charge in [0.2, 0.25) is 5.13 Å². The summed E-state index contributed by atoms with van der Waals surface area (Å²) in [6.07, 6.45) is 1.67. The minimum atomic E-state index is -0.329. The van der Waals surface area contributed by atoms with E-state index in [2.05, 4.69) is 15.5 Å². The van der Waals surface area contributed by atoms with Crippen molar-refractivity contribution < 1.29 is 14.3 Å². The molecule has 1 N–H and O–H groups in total. The molecule has 0 saturated carbocycles. The van der Waals surface area contributed by atoms with E-state index in [0.29, 0.717) is 35.5 Å². The number of aryl methyl sites for hydroxylation is 1. The van der Waals surface area contributed by atoms with Gasteiger partial charge in [0.25, 0.3) is 0 Å². The van der Waals surface area contributed by atoms with Gasteiger partial charge < -0.3 is 9.47 Å². The van der Waals surface area contributed by atoms with Crippen molar-refractivity contribution in [3.63, 3.8) is 0 Å². The highest BCUT2D eigenvalue weighted by molar-refractivity contribution is 7.17. The number of esters is 1. The van der Waals surface area contributed by atoms with Crippen molar-refractivity contribution in [3.8, 4) is 0 Å². The van der Waals surface area contributed by atoms with Crippen molar-refractivity contribution in [3.05, 3.63) is 10.6 Å². The first-order valence-corrected chi connectivity index (χ1v) is 7.06. The van der Waals surface area contributed by atoms with Crippen molar-refractivity contribution in [1.29, 1.82) is 0 Å². The number of nitrogens with zero attached hydrogens (tertiary/aromatic N) is 2. The molecule has 1 aromatic heterocycles. The van der Waals surface area contributed by atoms with Crippen LogP contribution in [0.15, 0.2) is 5.10 Å². The van der Waals surface area contributed by atoms with E-state index in [1.165, 1.54) is 11.3 Å². The Balaban J connectivity index is 2.01. The summed E-state index contributed by atoms with van der Waals surface area (Å²) >= 11 is 1.26. The van der Waals surface area contributed by atoms with Gasteiger partial charge in [-0.15, -0.1) is 0 Å². The summed E-state index contributed by atoms with van der Waals surface area (Å²) in [5.74, 6) is -0.329. The molecule has 0 atom stereocenters. The van der Waals surface area contributed by atoms with Crippen LogP contribution in [-0.4, -0.2) is 36.5 Å². The van der Waals surface area contributed by atoms with Crippen LogP contribution >= 0.6 is 11.3 Å². The summed E-state index contributed by atoms with van der Waals surface area (Å²) in [7, 11) is 0. The van der Waals surface area contributed by atoms with Gasteiger partial charge >= 0.3 is 5.97 Å². The van der Waals surface area contributed by atoms with Gasteiger partial charge in [-0.2, -0.15) is 5.10 Å². The normalized spacial score (nSPS) is 15.2. The molecule has 1 aromatic rings. The Morgan fingerprint density at radius 2 is 2.26 bits per heavy atom. The molecule has 1 saturated heterocycles. The van der Waals surface area contributed by atoms with Crippen molar-refractivity contribution in [2.45, 2.75) is 26.7 Å². The number of nitrogens with one attached hydrogen (secondary N) is 1. The number of hydrazone groups is 1. The fraction of sp³-hybridized carbons (Fsp3) is 0.583. The monoisotopic (exact) mass is 283 g/mol. The second-order valence-corrected chi connectivity index (χ2v) is 5.06. The lowest BCUT2D eigenvalue weighted by Crippen LogP contribution is -2.16. The van der Waals surface area contributed by atoms with E-state index in [1.807, 2.05) is 0 Å². The Hall–Kier alpha value is -1.47. The molecule has 0 aromatic carbocycles. The molecule has 0 bridgehead atoms. The maximum Gasteiger partial charge on any atom is 0.350 e. The van der Waals surface area contributed by atoms with Gasteiger partial charge in [0, 0.05) is 18.6 Å². The first-order valence-electron chi connectivity index (χ1n) is 6.24. The van der Waals surface area contributed by atoms with Crippen LogP contribution in [0, 0.1) is 6.92 Å². The average Bonchev–Trinajstić information content (AvgIpc) is 2.79. The number of hydrogen-bond donors (Lipinski definition) is 1. The van der Waals surface area contributed by atoms with Crippen LogP contribution in [0.1, 0.15) is 35.1 Å². The number of carbonyl (C=O) groups is 1. The van der Waals surface area contributed by atoms with Crippen LogP contribution < -0.4 is 5.43 Å². The van der Waals surface area contributed by atoms with Crippen LogP contribution in [0.5, 0.6) is 0 Å². The molecule has 1 aliphatic rings. The molecule has 2 heterocycles. The molecule has 0 amide bonds. The number of anilines is 1. The van der Waals surface area contributed by atoms with Gasteiger partial charge in [0.05, 0.1) is 25.5 Å². The molecule has 0 aliphatic carbocycles. The Bertz CT molecular complexity index is 477. The Kier molecular flexibility index (Phi) is 4.86. The predicted molar refractivity (Wildman–Crippen MR) is 73.9 cm³/mol. The highest BCUT2D eigenvalue weighted by atomic mass is 32.1. The molecule has 19 heavy (non-hydrogen) atoms. The Morgan fingerprint density at radius 1 is 1.53 bits per heavy atom. The molecule has 0 spiro atoms.